The maximum absolute atomic E-state index is 12.8. The van der Waals surface area contributed by atoms with Crippen molar-refractivity contribution in [2.45, 2.75) is 6.54 Å². The number of halogens is 2. The van der Waals surface area contributed by atoms with Crippen molar-refractivity contribution in [1.82, 2.24) is 24.1 Å². The Bertz CT molecular complexity index is 1160. The molecule has 7 nitrogen and oxygen atoms in total. The smallest absolute Gasteiger partial charge is 0.321 e. The summed E-state index contributed by atoms with van der Waals surface area (Å²) >= 11 is 13.6. The SMILES string of the molecule is O=C(NC1=CC=CN2SNC=C12)N1CCN(Cc2cccc(Oc3cc(Cl)cc(Cl)c3)c2)CC1. The van der Waals surface area contributed by atoms with Crippen molar-refractivity contribution in [3.05, 3.63) is 94.0 Å². The lowest BCUT2D eigenvalue weighted by Crippen LogP contribution is -2.51. The van der Waals surface area contributed by atoms with Crippen LogP contribution >= 0.6 is 35.3 Å². The minimum atomic E-state index is -0.0745. The van der Waals surface area contributed by atoms with Gasteiger partial charge in [-0.1, -0.05) is 35.3 Å². The fraction of sp³-hybridized carbons (Fsp3) is 0.208. The second-order valence-corrected chi connectivity index (χ2v) is 9.72. The molecule has 2 aromatic carbocycles. The van der Waals surface area contributed by atoms with Gasteiger partial charge < -0.3 is 19.7 Å². The normalized spacial score (nSPS) is 17.6. The Morgan fingerprint density at radius 3 is 2.65 bits per heavy atom. The summed E-state index contributed by atoms with van der Waals surface area (Å²) < 4.78 is 11.0. The van der Waals surface area contributed by atoms with E-state index < -0.39 is 0 Å². The zero-order valence-corrected chi connectivity index (χ0v) is 20.5. The lowest BCUT2D eigenvalue weighted by molar-refractivity contribution is 0.137. The van der Waals surface area contributed by atoms with E-state index in [2.05, 4.69) is 21.0 Å². The van der Waals surface area contributed by atoms with E-state index in [1.54, 1.807) is 18.2 Å². The predicted octanol–water partition coefficient (Wildman–Crippen LogP) is 5.33. The molecule has 2 aromatic rings. The molecule has 34 heavy (non-hydrogen) atoms. The molecule has 0 saturated carbocycles. The third-order valence-electron chi connectivity index (χ3n) is 5.62. The van der Waals surface area contributed by atoms with Crippen LogP contribution in [0.25, 0.3) is 0 Å². The van der Waals surface area contributed by atoms with Crippen molar-refractivity contribution in [2.75, 3.05) is 26.2 Å². The van der Waals surface area contributed by atoms with Gasteiger partial charge in [-0.15, -0.1) is 0 Å². The number of hydrogen-bond donors (Lipinski definition) is 2. The van der Waals surface area contributed by atoms with E-state index in [-0.39, 0.29) is 6.03 Å². The Morgan fingerprint density at radius 2 is 1.85 bits per heavy atom. The first-order chi connectivity index (χ1) is 16.5. The Kier molecular flexibility index (Phi) is 6.92. The number of rotatable bonds is 5. The summed E-state index contributed by atoms with van der Waals surface area (Å²) in [5.74, 6) is 1.33. The van der Waals surface area contributed by atoms with Crippen LogP contribution < -0.4 is 14.8 Å². The van der Waals surface area contributed by atoms with Crippen molar-refractivity contribution in [3.63, 3.8) is 0 Å². The van der Waals surface area contributed by atoms with Gasteiger partial charge in [0.15, 0.2) is 0 Å². The number of carbonyl (C=O) groups is 1. The van der Waals surface area contributed by atoms with E-state index in [1.165, 1.54) is 12.1 Å². The zero-order valence-electron chi connectivity index (χ0n) is 18.2. The summed E-state index contributed by atoms with van der Waals surface area (Å²) in [6.07, 6.45) is 7.67. The number of urea groups is 1. The standard InChI is InChI=1S/C24H23Cl2N5O2S/c25-18-12-19(26)14-21(13-18)33-20-4-1-3-17(11-20)16-29-7-9-30(10-8-29)24(32)28-22-5-2-6-31-23(22)15-27-34-31/h1-6,11-15,27H,7-10,16H2,(H,28,32). The van der Waals surface area contributed by atoms with E-state index >= 15 is 0 Å². The molecule has 2 N–H and O–H groups in total. The van der Waals surface area contributed by atoms with E-state index in [0.29, 0.717) is 28.9 Å². The topological polar surface area (TPSA) is 60.1 Å². The number of hydrogen-bond acceptors (Lipinski definition) is 6. The lowest BCUT2D eigenvalue weighted by atomic mass is 10.2. The number of amides is 2. The van der Waals surface area contributed by atoms with Crippen LogP contribution in [0.5, 0.6) is 11.5 Å². The maximum Gasteiger partial charge on any atom is 0.321 e. The highest BCUT2D eigenvalue weighted by molar-refractivity contribution is 7.95. The molecule has 0 radical (unpaired) electrons. The number of allylic oxidation sites excluding steroid dienone is 2. The van der Waals surface area contributed by atoms with Gasteiger partial charge in [-0.2, -0.15) is 0 Å². The molecule has 0 bridgehead atoms. The Hall–Kier alpha value is -2.78. The van der Waals surface area contributed by atoms with E-state index in [9.17, 15) is 4.79 Å². The van der Waals surface area contributed by atoms with Crippen molar-refractivity contribution in [3.8, 4) is 11.5 Å². The Labute approximate surface area is 212 Å². The van der Waals surface area contributed by atoms with Crippen LogP contribution in [-0.2, 0) is 6.54 Å². The van der Waals surface area contributed by atoms with Gasteiger partial charge >= 0.3 is 6.03 Å². The monoisotopic (exact) mass is 515 g/mol. The minimum Gasteiger partial charge on any atom is -0.457 e. The van der Waals surface area contributed by atoms with Crippen LogP contribution in [-0.4, -0.2) is 46.3 Å². The number of carbonyl (C=O) groups excluding carboxylic acids is 1. The largest absolute Gasteiger partial charge is 0.457 e. The first kappa shape index (κ1) is 23.0. The molecule has 3 aliphatic heterocycles. The molecule has 0 aliphatic carbocycles. The molecular weight excluding hydrogens is 493 g/mol. The third kappa shape index (κ3) is 5.47. The summed E-state index contributed by atoms with van der Waals surface area (Å²) in [6.45, 7) is 3.72. The molecule has 0 atom stereocenters. The summed E-state index contributed by atoms with van der Waals surface area (Å²) in [4.78, 5) is 17.0. The molecule has 0 aromatic heterocycles. The molecule has 176 valence electrons. The molecule has 3 heterocycles. The van der Waals surface area contributed by atoms with Gasteiger partial charge in [0.2, 0.25) is 0 Å². The number of nitrogens with zero attached hydrogens (tertiary/aromatic N) is 3. The number of ether oxygens (including phenoxy) is 1. The fourth-order valence-electron chi connectivity index (χ4n) is 3.96. The Balaban J connectivity index is 1.14. The minimum absolute atomic E-state index is 0.0745. The average Bonchev–Trinajstić information content (AvgIpc) is 3.29. The van der Waals surface area contributed by atoms with Crippen molar-refractivity contribution >= 4 is 41.4 Å². The second kappa shape index (κ2) is 10.2. The number of benzene rings is 2. The van der Waals surface area contributed by atoms with Crippen LogP contribution in [0, 0.1) is 0 Å². The van der Waals surface area contributed by atoms with Crippen LogP contribution in [0.4, 0.5) is 4.79 Å². The second-order valence-electron chi connectivity index (χ2n) is 8.03. The summed E-state index contributed by atoms with van der Waals surface area (Å²) in [5, 5.41) is 4.11. The molecule has 3 aliphatic rings. The number of piperazine rings is 1. The first-order valence-corrected chi connectivity index (χ1v) is 12.4. The molecule has 0 unspecified atom stereocenters. The van der Waals surface area contributed by atoms with E-state index in [0.717, 1.165) is 42.3 Å². The first-order valence-electron chi connectivity index (χ1n) is 10.9. The van der Waals surface area contributed by atoms with Crippen LogP contribution in [0.3, 0.4) is 0 Å². The molecule has 0 spiro atoms. The molecule has 1 fully saturated rings. The van der Waals surface area contributed by atoms with Gasteiger partial charge in [-0.05, 0) is 48.0 Å². The highest BCUT2D eigenvalue weighted by Gasteiger charge is 2.25. The van der Waals surface area contributed by atoms with Crippen molar-refractivity contribution in [1.29, 1.82) is 0 Å². The van der Waals surface area contributed by atoms with E-state index in [1.807, 2.05) is 52.0 Å². The fourth-order valence-corrected chi connectivity index (χ4v) is 5.12. The quantitative estimate of drug-likeness (QED) is 0.524. The summed E-state index contributed by atoms with van der Waals surface area (Å²) in [5.41, 5.74) is 2.88. The number of fused-ring (bicyclic) bond motifs is 1. The lowest BCUT2D eigenvalue weighted by Gasteiger charge is -2.35. The van der Waals surface area contributed by atoms with Crippen LogP contribution in [0.2, 0.25) is 10.0 Å². The van der Waals surface area contributed by atoms with Crippen LogP contribution in [0.15, 0.2) is 78.4 Å². The summed E-state index contributed by atoms with van der Waals surface area (Å²) in [7, 11) is 0. The van der Waals surface area contributed by atoms with Gasteiger partial charge in [-0.25, -0.2) is 4.79 Å². The van der Waals surface area contributed by atoms with Crippen molar-refractivity contribution in [2.24, 2.45) is 0 Å². The molecular formula is C24H23Cl2N5O2S. The zero-order chi connectivity index (χ0) is 23.5. The Morgan fingerprint density at radius 1 is 1.06 bits per heavy atom. The highest BCUT2D eigenvalue weighted by atomic mass is 35.5. The molecule has 1 saturated heterocycles. The summed E-state index contributed by atoms with van der Waals surface area (Å²) in [6, 6.07) is 13.0. The van der Waals surface area contributed by atoms with E-state index in [4.69, 9.17) is 27.9 Å². The predicted molar refractivity (Wildman–Crippen MR) is 136 cm³/mol. The third-order valence-corrected chi connectivity index (χ3v) is 6.80. The molecule has 2 amide bonds. The van der Waals surface area contributed by atoms with Gasteiger partial charge in [-0.3, -0.25) is 9.21 Å². The maximum atomic E-state index is 12.8. The van der Waals surface area contributed by atoms with Gasteiger partial charge in [0, 0.05) is 55.2 Å². The van der Waals surface area contributed by atoms with Gasteiger partial charge in [0.1, 0.15) is 11.5 Å². The number of nitrogens with one attached hydrogen (secondary N) is 2. The van der Waals surface area contributed by atoms with Gasteiger partial charge in [0.05, 0.1) is 23.5 Å². The molecule has 5 rings (SSSR count). The van der Waals surface area contributed by atoms with Gasteiger partial charge in [0.25, 0.3) is 0 Å². The average molecular weight is 516 g/mol. The van der Waals surface area contributed by atoms with Crippen LogP contribution in [0.1, 0.15) is 5.56 Å². The molecule has 10 heteroatoms. The van der Waals surface area contributed by atoms with Crippen molar-refractivity contribution < 1.29 is 9.53 Å². The highest BCUT2D eigenvalue weighted by Crippen LogP contribution is 2.30.